The van der Waals surface area contributed by atoms with Gasteiger partial charge < -0.3 is 15.0 Å². The van der Waals surface area contributed by atoms with Gasteiger partial charge in [-0.1, -0.05) is 0 Å². The number of carbonyl (C=O) groups is 1. The number of fused-ring (bicyclic) bond motifs is 2. The fourth-order valence-electron chi connectivity index (χ4n) is 4.39. The van der Waals surface area contributed by atoms with Crippen LogP contribution in [0.2, 0.25) is 0 Å². The highest BCUT2D eigenvalue weighted by Gasteiger charge is 2.19. The van der Waals surface area contributed by atoms with E-state index in [1.54, 1.807) is 17.0 Å². The molecule has 2 N–H and O–H groups in total. The van der Waals surface area contributed by atoms with E-state index < -0.39 is 0 Å². The third-order valence-corrected chi connectivity index (χ3v) is 6.04. The average Bonchev–Trinajstić information content (AvgIpc) is 3.53. The van der Waals surface area contributed by atoms with Crippen molar-refractivity contribution in [3.05, 3.63) is 66.4 Å². The molecule has 4 aromatic heterocycles. The van der Waals surface area contributed by atoms with E-state index in [0.29, 0.717) is 33.7 Å². The van der Waals surface area contributed by atoms with Crippen LogP contribution in [-0.2, 0) is 4.79 Å². The first-order chi connectivity index (χ1) is 17.1. The van der Waals surface area contributed by atoms with Gasteiger partial charge in [-0.15, -0.1) is 0 Å². The monoisotopic (exact) mass is 474 g/mol. The van der Waals surface area contributed by atoms with E-state index in [9.17, 15) is 0 Å². The van der Waals surface area contributed by atoms with E-state index in [0.717, 1.165) is 43.0 Å². The topological polar surface area (TPSA) is 123 Å². The first-order valence-electron chi connectivity index (χ1n) is 11.2. The highest BCUT2D eigenvalue weighted by atomic mass is 19.1. The smallest absolute Gasteiger partial charge is 0.290 e. The van der Waals surface area contributed by atoms with Gasteiger partial charge in [0.15, 0.2) is 5.65 Å². The molecule has 1 fully saturated rings. The minimum Gasteiger partial charge on any atom is -0.483 e. The number of aromatic nitrogens is 7. The molecule has 0 radical (unpaired) electrons. The SMILES string of the molecule is Cc1cn2nc(-c3cc(F)c4cc(C5CCNCC5)nnc4c3)cc(-n3ccnc3)c2n1.O=CO. The van der Waals surface area contributed by atoms with E-state index in [1.807, 2.05) is 42.1 Å². The lowest BCUT2D eigenvalue weighted by Gasteiger charge is -2.21. The Bertz CT molecular complexity index is 1490. The lowest BCUT2D eigenvalue weighted by atomic mass is 9.93. The van der Waals surface area contributed by atoms with E-state index in [1.165, 1.54) is 6.07 Å². The molecule has 35 heavy (non-hydrogen) atoms. The molecular formula is C24H23FN8O2. The Hall–Kier alpha value is -4.25. The van der Waals surface area contributed by atoms with Crippen molar-refractivity contribution in [2.75, 3.05) is 13.1 Å². The minimum atomic E-state index is -0.324. The quantitative estimate of drug-likeness (QED) is 0.382. The van der Waals surface area contributed by atoms with Crippen molar-refractivity contribution in [1.82, 2.24) is 39.7 Å². The number of carboxylic acid groups (broad SMARTS) is 1. The second-order valence-electron chi connectivity index (χ2n) is 8.32. The van der Waals surface area contributed by atoms with Crippen LogP contribution in [0.4, 0.5) is 4.39 Å². The summed E-state index contributed by atoms with van der Waals surface area (Å²) in [5.74, 6) is -0.00556. The Labute approximate surface area is 199 Å². The van der Waals surface area contributed by atoms with Crippen LogP contribution < -0.4 is 5.32 Å². The normalized spacial score (nSPS) is 14.1. The zero-order valence-electron chi connectivity index (χ0n) is 19.0. The molecule has 1 aromatic carbocycles. The molecule has 11 heteroatoms. The maximum Gasteiger partial charge on any atom is 0.290 e. The lowest BCUT2D eigenvalue weighted by Crippen LogP contribution is -2.27. The summed E-state index contributed by atoms with van der Waals surface area (Å²) >= 11 is 0. The van der Waals surface area contributed by atoms with Crippen molar-refractivity contribution in [2.45, 2.75) is 25.7 Å². The minimum absolute atomic E-state index is 0.250. The summed E-state index contributed by atoms with van der Waals surface area (Å²) in [6, 6.07) is 7.10. The molecule has 0 atom stereocenters. The van der Waals surface area contributed by atoms with Crippen molar-refractivity contribution < 1.29 is 14.3 Å². The highest BCUT2D eigenvalue weighted by Crippen LogP contribution is 2.30. The number of halogens is 1. The molecule has 0 spiro atoms. The van der Waals surface area contributed by atoms with Crippen LogP contribution >= 0.6 is 0 Å². The van der Waals surface area contributed by atoms with Crippen LogP contribution in [0.5, 0.6) is 0 Å². The zero-order chi connectivity index (χ0) is 24.4. The molecular weight excluding hydrogens is 451 g/mol. The number of hydrogen-bond donors (Lipinski definition) is 2. The van der Waals surface area contributed by atoms with Crippen molar-refractivity contribution in [3.63, 3.8) is 0 Å². The van der Waals surface area contributed by atoms with Gasteiger partial charge in [-0.3, -0.25) is 4.79 Å². The van der Waals surface area contributed by atoms with E-state index in [4.69, 9.17) is 9.90 Å². The largest absolute Gasteiger partial charge is 0.483 e. The molecule has 0 aliphatic carbocycles. The second-order valence-corrected chi connectivity index (χ2v) is 8.32. The number of nitrogens with zero attached hydrogens (tertiary/aromatic N) is 7. The van der Waals surface area contributed by atoms with Gasteiger partial charge >= 0.3 is 0 Å². The molecule has 178 valence electrons. The van der Waals surface area contributed by atoms with Crippen molar-refractivity contribution in [2.24, 2.45) is 0 Å². The Kier molecular flexibility index (Phi) is 6.15. The highest BCUT2D eigenvalue weighted by molar-refractivity contribution is 5.84. The van der Waals surface area contributed by atoms with Gasteiger partial charge in [0.25, 0.3) is 6.47 Å². The Balaban J connectivity index is 0.000000806. The Morgan fingerprint density at radius 3 is 2.71 bits per heavy atom. The number of benzene rings is 1. The molecule has 0 bridgehead atoms. The predicted molar refractivity (Wildman–Crippen MR) is 127 cm³/mol. The van der Waals surface area contributed by atoms with Crippen LogP contribution in [0.25, 0.3) is 33.5 Å². The molecule has 1 aliphatic rings. The van der Waals surface area contributed by atoms with Crippen LogP contribution in [0.15, 0.2) is 49.2 Å². The van der Waals surface area contributed by atoms with Gasteiger partial charge in [0.2, 0.25) is 0 Å². The summed E-state index contributed by atoms with van der Waals surface area (Å²) in [5.41, 5.74) is 4.99. The third-order valence-electron chi connectivity index (χ3n) is 6.04. The van der Waals surface area contributed by atoms with Crippen LogP contribution in [-0.4, -0.2) is 59.0 Å². The van der Waals surface area contributed by atoms with Crippen molar-refractivity contribution in [1.29, 1.82) is 0 Å². The lowest BCUT2D eigenvalue weighted by molar-refractivity contribution is -0.122. The molecule has 5 aromatic rings. The van der Waals surface area contributed by atoms with Crippen LogP contribution in [0, 0.1) is 12.7 Å². The molecule has 1 saturated heterocycles. The number of hydrogen-bond acceptors (Lipinski definition) is 7. The number of aryl methyl sites for hydroxylation is 1. The standard InChI is InChI=1S/C23H21FN8.CH2O2/c1-14-12-32-23(27-14)22(31-7-6-26-13-31)11-20(30-32)16-8-18(24)17-10-19(28-29-21(17)9-16)15-2-4-25-5-3-15;2-1-3/h6-13,15,25H,2-5H2,1H3;1H,(H,2,3). The molecule has 0 unspecified atom stereocenters. The average molecular weight is 475 g/mol. The van der Waals surface area contributed by atoms with Gasteiger partial charge in [0.05, 0.1) is 40.8 Å². The molecule has 10 nitrogen and oxygen atoms in total. The van der Waals surface area contributed by atoms with E-state index in [-0.39, 0.29) is 12.3 Å². The maximum absolute atomic E-state index is 15.2. The third kappa shape index (κ3) is 4.45. The number of piperidine rings is 1. The summed E-state index contributed by atoms with van der Waals surface area (Å²) in [7, 11) is 0. The fraction of sp³-hybridized carbons (Fsp3) is 0.250. The van der Waals surface area contributed by atoms with Gasteiger partial charge in [-0.05, 0) is 57.1 Å². The van der Waals surface area contributed by atoms with Gasteiger partial charge in [-0.2, -0.15) is 15.3 Å². The first kappa shape index (κ1) is 22.5. The number of rotatable bonds is 3. The van der Waals surface area contributed by atoms with Crippen molar-refractivity contribution >= 4 is 23.0 Å². The predicted octanol–water partition coefficient (Wildman–Crippen LogP) is 3.14. The van der Waals surface area contributed by atoms with Crippen LogP contribution in [0.1, 0.15) is 30.1 Å². The molecule has 6 rings (SSSR count). The Morgan fingerprint density at radius 1 is 1.17 bits per heavy atom. The molecule has 5 heterocycles. The van der Waals surface area contributed by atoms with E-state index >= 15 is 4.39 Å². The van der Waals surface area contributed by atoms with Gasteiger partial charge in [-0.25, -0.2) is 18.9 Å². The van der Waals surface area contributed by atoms with Gasteiger partial charge in [0, 0.05) is 29.3 Å². The first-order valence-corrected chi connectivity index (χ1v) is 11.2. The summed E-state index contributed by atoms with van der Waals surface area (Å²) in [6.45, 7) is 3.57. The molecule has 1 aliphatic heterocycles. The van der Waals surface area contributed by atoms with Crippen molar-refractivity contribution in [3.8, 4) is 16.9 Å². The molecule has 0 amide bonds. The fourth-order valence-corrected chi connectivity index (χ4v) is 4.39. The summed E-state index contributed by atoms with van der Waals surface area (Å²) < 4.78 is 18.8. The number of imidazole rings is 2. The maximum atomic E-state index is 15.2. The summed E-state index contributed by atoms with van der Waals surface area (Å²) in [5, 5.41) is 24.2. The molecule has 0 saturated carbocycles. The van der Waals surface area contributed by atoms with E-state index in [2.05, 4.69) is 30.6 Å². The Morgan fingerprint density at radius 2 is 1.97 bits per heavy atom. The zero-order valence-corrected chi connectivity index (χ0v) is 19.0. The second kappa shape index (κ2) is 9.55. The number of nitrogens with one attached hydrogen (secondary N) is 1. The summed E-state index contributed by atoms with van der Waals surface area (Å²) in [6.07, 6.45) is 9.09. The van der Waals surface area contributed by atoms with Crippen LogP contribution in [0.3, 0.4) is 0 Å². The van der Waals surface area contributed by atoms with Gasteiger partial charge in [0.1, 0.15) is 5.82 Å². The summed E-state index contributed by atoms with van der Waals surface area (Å²) in [4.78, 5) is 17.1.